The van der Waals surface area contributed by atoms with Crippen LogP contribution in [-0.2, 0) is 0 Å². The quantitative estimate of drug-likeness (QED) is 0.405. The summed E-state index contributed by atoms with van der Waals surface area (Å²) in [5, 5.41) is 0. The molecular weight excluding hydrogens is 245 g/mol. The molecule has 0 nitrogen and oxygen atoms in total. The summed E-state index contributed by atoms with van der Waals surface area (Å²) in [4.78, 5) is 0. The standard InChI is InChI=1S/C7H4F3.BrH.Mg/c1-4-6(9)2-5(8)3-7(4)10;;/h2-3H,1H2;1H;/q-1;;+2/p-1. The fourth-order valence-corrected chi connectivity index (χ4v) is 0.572. The van der Waals surface area contributed by atoms with Crippen LogP contribution >= 0.6 is 0 Å². The SMILES string of the molecule is [Br-].[CH2-]c1c(F)cc(F)cc1F.[Mg+2]. The maximum atomic E-state index is 12.3. The molecule has 0 heterocycles. The molecule has 12 heavy (non-hydrogen) atoms. The van der Waals surface area contributed by atoms with Gasteiger partial charge in [-0.05, 0) is 12.1 Å². The van der Waals surface area contributed by atoms with E-state index < -0.39 is 23.0 Å². The van der Waals surface area contributed by atoms with Gasteiger partial charge in [0.15, 0.2) is 0 Å². The van der Waals surface area contributed by atoms with Gasteiger partial charge in [-0.3, -0.25) is 8.78 Å². The predicted octanol–water partition coefficient (Wildman–Crippen LogP) is -1.09. The summed E-state index contributed by atoms with van der Waals surface area (Å²) < 4.78 is 36.7. The van der Waals surface area contributed by atoms with Crippen molar-refractivity contribution < 1.29 is 30.2 Å². The summed E-state index contributed by atoms with van der Waals surface area (Å²) in [7, 11) is 0. The number of hydrogen-bond acceptors (Lipinski definition) is 0. The maximum absolute atomic E-state index is 12.3. The van der Waals surface area contributed by atoms with Crippen LogP contribution in [0.15, 0.2) is 12.1 Å². The fourth-order valence-electron chi connectivity index (χ4n) is 0.572. The molecule has 1 aromatic rings. The third-order valence-corrected chi connectivity index (χ3v) is 1.11. The van der Waals surface area contributed by atoms with Gasteiger partial charge in [0.2, 0.25) is 0 Å². The van der Waals surface area contributed by atoms with E-state index in [0.717, 1.165) is 0 Å². The van der Waals surface area contributed by atoms with Gasteiger partial charge in [-0.15, -0.1) is 5.56 Å². The Labute approximate surface area is 95.1 Å². The average Bonchev–Trinajstić information content (AvgIpc) is 1.82. The maximum Gasteiger partial charge on any atom is 2.00 e. The second-order valence-electron chi connectivity index (χ2n) is 1.85. The Kier molecular flexibility index (Phi) is 6.97. The molecule has 0 aliphatic heterocycles. The van der Waals surface area contributed by atoms with Crippen molar-refractivity contribution in [2.24, 2.45) is 0 Å². The number of hydrogen-bond donors (Lipinski definition) is 0. The molecule has 0 fully saturated rings. The van der Waals surface area contributed by atoms with E-state index in [1.54, 1.807) is 0 Å². The van der Waals surface area contributed by atoms with E-state index in [4.69, 9.17) is 0 Å². The topological polar surface area (TPSA) is 0 Å². The second-order valence-corrected chi connectivity index (χ2v) is 1.85. The van der Waals surface area contributed by atoms with Crippen LogP contribution in [0.3, 0.4) is 0 Å². The first-order chi connectivity index (χ1) is 4.61. The van der Waals surface area contributed by atoms with E-state index in [9.17, 15) is 13.2 Å². The van der Waals surface area contributed by atoms with Crippen molar-refractivity contribution in [2.45, 2.75) is 0 Å². The van der Waals surface area contributed by atoms with E-state index in [0.29, 0.717) is 12.1 Å². The van der Waals surface area contributed by atoms with E-state index in [1.807, 2.05) is 0 Å². The van der Waals surface area contributed by atoms with Crippen molar-refractivity contribution >= 4 is 23.1 Å². The zero-order valence-electron chi connectivity index (χ0n) is 6.08. The fraction of sp³-hybridized carbons (Fsp3) is 0. The predicted molar refractivity (Wildman–Crippen MR) is 36.5 cm³/mol. The summed E-state index contributed by atoms with van der Waals surface area (Å²) in [6.45, 7) is 3.04. The molecule has 62 valence electrons. The van der Waals surface area contributed by atoms with Gasteiger partial charge in [0.1, 0.15) is 5.82 Å². The molecule has 1 aromatic carbocycles. The van der Waals surface area contributed by atoms with Crippen LogP contribution in [0.1, 0.15) is 5.56 Å². The summed E-state index contributed by atoms with van der Waals surface area (Å²) >= 11 is 0. The third kappa shape index (κ3) is 3.24. The molecule has 0 N–H and O–H groups in total. The van der Waals surface area contributed by atoms with Crippen LogP contribution in [0.5, 0.6) is 0 Å². The van der Waals surface area contributed by atoms with Gasteiger partial charge in [0, 0.05) is 11.6 Å². The molecule has 0 bridgehead atoms. The van der Waals surface area contributed by atoms with Gasteiger partial charge in [-0.2, -0.15) is 6.92 Å². The molecule has 0 saturated heterocycles. The molecule has 0 unspecified atom stereocenters. The summed E-state index contributed by atoms with van der Waals surface area (Å²) in [6.07, 6.45) is 0. The van der Waals surface area contributed by atoms with E-state index >= 15 is 0 Å². The van der Waals surface area contributed by atoms with Crippen molar-refractivity contribution in [1.29, 1.82) is 0 Å². The van der Waals surface area contributed by atoms with Gasteiger partial charge in [0.25, 0.3) is 0 Å². The molecule has 0 spiro atoms. The molecule has 0 radical (unpaired) electrons. The Morgan fingerprint density at radius 3 is 1.67 bits per heavy atom. The monoisotopic (exact) mass is 248 g/mol. The molecule has 0 saturated carbocycles. The number of benzene rings is 1. The summed E-state index contributed by atoms with van der Waals surface area (Å²) in [5.74, 6) is -2.85. The summed E-state index contributed by atoms with van der Waals surface area (Å²) in [5.41, 5.74) is -0.401. The Bertz CT molecular complexity index is 242. The van der Waals surface area contributed by atoms with Gasteiger partial charge >= 0.3 is 23.1 Å². The summed E-state index contributed by atoms with van der Waals surface area (Å²) in [6, 6.07) is 1.18. The van der Waals surface area contributed by atoms with Crippen LogP contribution in [0.2, 0.25) is 0 Å². The minimum atomic E-state index is -0.961. The van der Waals surface area contributed by atoms with Crippen molar-refractivity contribution in [3.8, 4) is 0 Å². The van der Waals surface area contributed by atoms with E-state index in [1.165, 1.54) is 0 Å². The molecule has 5 heteroatoms. The molecule has 0 atom stereocenters. The van der Waals surface area contributed by atoms with Gasteiger partial charge in [-0.1, -0.05) is 0 Å². The van der Waals surface area contributed by atoms with Gasteiger partial charge in [0.05, 0.1) is 0 Å². The molecule has 0 amide bonds. The molecule has 0 aromatic heterocycles. The van der Waals surface area contributed by atoms with Gasteiger partial charge in [-0.25, -0.2) is 4.39 Å². The molecule has 0 aliphatic rings. The number of halogens is 4. The first-order valence-electron chi connectivity index (χ1n) is 2.58. The largest absolute Gasteiger partial charge is 2.00 e. The van der Waals surface area contributed by atoms with Crippen molar-refractivity contribution in [3.63, 3.8) is 0 Å². The minimum absolute atomic E-state index is 0. The zero-order valence-corrected chi connectivity index (χ0v) is 9.08. The number of rotatable bonds is 0. The zero-order chi connectivity index (χ0) is 7.72. The Balaban J connectivity index is 0. The Morgan fingerprint density at radius 1 is 1.00 bits per heavy atom. The van der Waals surface area contributed by atoms with E-state index in [2.05, 4.69) is 6.92 Å². The first-order valence-corrected chi connectivity index (χ1v) is 2.58. The molecular formula is C7H4BrF3Mg. The second kappa shape index (κ2) is 5.72. The molecule has 1 rings (SSSR count). The minimum Gasteiger partial charge on any atom is -1.00 e. The Hall–Kier alpha value is 0.126. The average molecular weight is 249 g/mol. The van der Waals surface area contributed by atoms with Crippen molar-refractivity contribution in [2.75, 3.05) is 0 Å². The smallest absolute Gasteiger partial charge is 1.00 e. The Morgan fingerprint density at radius 2 is 1.33 bits per heavy atom. The van der Waals surface area contributed by atoms with Crippen LogP contribution in [-0.4, -0.2) is 23.1 Å². The van der Waals surface area contributed by atoms with Crippen molar-refractivity contribution in [3.05, 3.63) is 42.1 Å². The third-order valence-electron chi connectivity index (χ3n) is 1.11. The van der Waals surface area contributed by atoms with Crippen LogP contribution in [0.4, 0.5) is 13.2 Å². The van der Waals surface area contributed by atoms with E-state index in [-0.39, 0.29) is 40.0 Å². The van der Waals surface area contributed by atoms with Crippen LogP contribution in [0.25, 0.3) is 0 Å². The van der Waals surface area contributed by atoms with Crippen molar-refractivity contribution in [1.82, 2.24) is 0 Å². The van der Waals surface area contributed by atoms with Gasteiger partial charge < -0.3 is 17.0 Å². The van der Waals surface area contributed by atoms with Crippen LogP contribution in [0, 0.1) is 24.4 Å². The molecule has 0 aliphatic carbocycles. The normalized spacial score (nSPS) is 8.25. The first kappa shape index (κ1) is 14.6. The van der Waals surface area contributed by atoms with Crippen LogP contribution < -0.4 is 17.0 Å².